The van der Waals surface area contributed by atoms with E-state index in [9.17, 15) is 4.39 Å². The summed E-state index contributed by atoms with van der Waals surface area (Å²) in [6.45, 7) is 0.631. The van der Waals surface area contributed by atoms with Crippen LogP contribution in [-0.2, 0) is 12.8 Å². The van der Waals surface area contributed by atoms with E-state index in [4.69, 9.17) is 9.47 Å². The van der Waals surface area contributed by atoms with Gasteiger partial charge in [0.15, 0.2) is 11.5 Å². The number of aromatic nitrogens is 1. The SMILES string of the molecule is COc1cccc2c1OC[C@@H](Cc1ccc(F)cn1)C2. The molecule has 0 aliphatic carbocycles. The van der Waals surface area contributed by atoms with Crippen LogP contribution in [0.4, 0.5) is 4.39 Å². The molecule has 2 aromatic rings. The molecule has 0 saturated heterocycles. The first kappa shape index (κ1) is 12.9. The van der Waals surface area contributed by atoms with Crippen molar-refractivity contribution >= 4 is 0 Å². The van der Waals surface area contributed by atoms with Crippen molar-refractivity contribution in [2.45, 2.75) is 12.8 Å². The quantitative estimate of drug-likeness (QED) is 0.861. The lowest BCUT2D eigenvalue weighted by Gasteiger charge is -2.26. The van der Waals surface area contributed by atoms with E-state index in [0.717, 1.165) is 35.6 Å². The molecule has 0 amide bonds. The highest BCUT2D eigenvalue weighted by atomic mass is 19.1. The van der Waals surface area contributed by atoms with E-state index in [-0.39, 0.29) is 5.82 Å². The number of fused-ring (bicyclic) bond motifs is 1. The average Bonchev–Trinajstić information content (AvgIpc) is 2.49. The van der Waals surface area contributed by atoms with Gasteiger partial charge in [0, 0.05) is 11.6 Å². The molecule has 4 heteroatoms. The molecule has 1 aromatic heterocycles. The number of rotatable bonds is 3. The fourth-order valence-electron chi connectivity index (χ4n) is 2.57. The van der Waals surface area contributed by atoms with Crippen LogP contribution >= 0.6 is 0 Å². The van der Waals surface area contributed by atoms with Gasteiger partial charge in [-0.15, -0.1) is 0 Å². The Balaban J connectivity index is 1.74. The van der Waals surface area contributed by atoms with E-state index in [0.29, 0.717) is 12.5 Å². The molecule has 20 heavy (non-hydrogen) atoms. The van der Waals surface area contributed by atoms with Gasteiger partial charge >= 0.3 is 0 Å². The van der Waals surface area contributed by atoms with Gasteiger partial charge < -0.3 is 9.47 Å². The Hall–Kier alpha value is -2.10. The van der Waals surface area contributed by atoms with Crippen LogP contribution in [0.25, 0.3) is 0 Å². The van der Waals surface area contributed by atoms with E-state index >= 15 is 0 Å². The van der Waals surface area contributed by atoms with Gasteiger partial charge in [0.05, 0.1) is 19.9 Å². The van der Waals surface area contributed by atoms with Crippen LogP contribution in [0.1, 0.15) is 11.3 Å². The first-order chi connectivity index (χ1) is 9.76. The molecule has 0 saturated carbocycles. The van der Waals surface area contributed by atoms with Crippen LogP contribution in [-0.4, -0.2) is 18.7 Å². The molecule has 0 spiro atoms. The zero-order chi connectivity index (χ0) is 13.9. The standard InChI is InChI=1S/C16H16FNO2/c1-19-15-4-2-3-12-7-11(10-20-16(12)15)8-14-6-5-13(17)9-18-14/h2-6,9,11H,7-8,10H2,1H3/t11-/m1/s1. The minimum absolute atomic E-state index is 0.302. The maximum Gasteiger partial charge on any atom is 0.164 e. The fourth-order valence-corrected chi connectivity index (χ4v) is 2.57. The second-order valence-corrected chi connectivity index (χ2v) is 5.00. The number of hydrogen-bond donors (Lipinski definition) is 0. The molecule has 0 fully saturated rings. The minimum Gasteiger partial charge on any atom is -0.493 e. The minimum atomic E-state index is -0.302. The molecule has 104 valence electrons. The highest BCUT2D eigenvalue weighted by Crippen LogP contribution is 2.36. The van der Waals surface area contributed by atoms with Gasteiger partial charge in [-0.2, -0.15) is 0 Å². The predicted molar refractivity (Wildman–Crippen MR) is 73.6 cm³/mol. The van der Waals surface area contributed by atoms with Crippen molar-refractivity contribution in [3.8, 4) is 11.5 Å². The Kier molecular flexibility index (Phi) is 3.54. The summed E-state index contributed by atoms with van der Waals surface area (Å²) < 4.78 is 24.0. The van der Waals surface area contributed by atoms with Gasteiger partial charge in [0.1, 0.15) is 5.82 Å². The third-order valence-corrected chi connectivity index (χ3v) is 3.54. The van der Waals surface area contributed by atoms with Crippen molar-refractivity contribution in [3.05, 3.63) is 53.6 Å². The summed E-state index contributed by atoms with van der Waals surface area (Å²) in [4.78, 5) is 4.11. The van der Waals surface area contributed by atoms with Crippen molar-refractivity contribution in [2.24, 2.45) is 5.92 Å². The first-order valence-electron chi connectivity index (χ1n) is 6.65. The zero-order valence-electron chi connectivity index (χ0n) is 11.3. The Morgan fingerprint density at radius 2 is 2.25 bits per heavy atom. The van der Waals surface area contributed by atoms with Crippen LogP contribution in [0.2, 0.25) is 0 Å². The van der Waals surface area contributed by atoms with E-state index in [1.165, 1.54) is 12.3 Å². The smallest absolute Gasteiger partial charge is 0.164 e. The number of methoxy groups -OCH3 is 1. The summed E-state index contributed by atoms with van der Waals surface area (Å²) >= 11 is 0. The van der Waals surface area contributed by atoms with Crippen LogP contribution < -0.4 is 9.47 Å². The molecule has 0 N–H and O–H groups in total. The number of ether oxygens (including phenoxy) is 2. The van der Waals surface area contributed by atoms with Crippen LogP contribution in [0.5, 0.6) is 11.5 Å². The number of hydrogen-bond acceptors (Lipinski definition) is 3. The normalized spacial score (nSPS) is 17.2. The van der Waals surface area contributed by atoms with Crippen molar-refractivity contribution in [1.29, 1.82) is 0 Å². The van der Waals surface area contributed by atoms with Gasteiger partial charge in [-0.25, -0.2) is 4.39 Å². The van der Waals surface area contributed by atoms with Crippen LogP contribution in [0.15, 0.2) is 36.5 Å². The van der Waals surface area contributed by atoms with Gasteiger partial charge in [-0.1, -0.05) is 12.1 Å². The van der Waals surface area contributed by atoms with Crippen molar-refractivity contribution < 1.29 is 13.9 Å². The molecular weight excluding hydrogens is 257 g/mol. The summed E-state index contributed by atoms with van der Waals surface area (Å²) in [5, 5.41) is 0. The van der Waals surface area contributed by atoms with Crippen molar-refractivity contribution in [1.82, 2.24) is 4.98 Å². The third-order valence-electron chi connectivity index (χ3n) is 3.54. The summed E-state index contributed by atoms with van der Waals surface area (Å²) in [6, 6.07) is 9.11. The highest BCUT2D eigenvalue weighted by Gasteiger charge is 2.23. The lowest BCUT2D eigenvalue weighted by atomic mass is 9.92. The molecule has 0 radical (unpaired) electrons. The molecule has 1 aliphatic rings. The largest absolute Gasteiger partial charge is 0.493 e. The number of para-hydroxylation sites is 1. The van der Waals surface area contributed by atoms with Gasteiger partial charge in [0.2, 0.25) is 0 Å². The lowest BCUT2D eigenvalue weighted by Crippen LogP contribution is -2.23. The molecule has 0 unspecified atom stereocenters. The average molecular weight is 273 g/mol. The van der Waals surface area contributed by atoms with E-state index in [2.05, 4.69) is 11.1 Å². The second kappa shape index (κ2) is 5.49. The van der Waals surface area contributed by atoms with Crippen LogP contribution in [0.3, 0.4) is 0 Å². The molecule has 3 rings (SSSR count). The molecular formula is C16H16FNO2. The number of halogens is 1. The summed E-state index contributed by atoms with van der Waals surface area (Å²) in [5.74, 6) is 1.68. The summed E-state index contributed by atoms with van der Waals surface area (Å²) in [5.41, 5.74) is 2.05. The molecule has 1 aliphatic heterocycles. The molecule has 0 bridgehead atoms. The number of benzene rings is 1. The molecule has 1 aromatic carbocycles. The summed E-state index contributed by atoms with van der Waals surface area (Å²) in [6.07, 6.45) is 2.97. The predicted octanol–water partition coefficient (Wildman–Crippen LogP) is 3.02. The van der Waals surface area contributed by atoms with E-state index in [1.807, 2.05) is 12.1 Å². The first-order valence-corrected chi connectivity index (χ1v) is 6.65. The maximum atomic E-state index is 12.8. The topological polar surface area (TPSA) is 31.4 Å². The van der Waals surface area contributed by atoms with Gasteiger partial charge in [-0.05, 0) is 36.6 Å². The van der Waals surface area contributed by atoms with Gasteiger partial charge in [0.25, 0.3) is 0 Å². The Bertz CT molecular complexity index is 598. The maximum absolute atomic E-state index is 12.8. The van der Waals surface area contributed by atoms with Gasteiger partial charge in [-0.3, -0.25) is 4.98 Å². The van der Waals surface area contributed by atoms with E-state index in [1.54, 1.807) is 13.2 Å². The Labute approximate surface area is 117 Å². The second-order valence-electron chi connectivity index (χ2n) is 5.00. The van der Waals surface area contributed by atoms with Crippen molar-refractivity contribution in [2.75, 3.05) is 13.7 Å². The monoisotopic (exact) mass is 273 g/mol. The Morgan fingerprint density at radius 1 is 1.35 bits per heavy atom. The number of pyridine rings is 1. The third kappa shape index (κ3) is 2.59. The Morgan fingerprint density at radius 3 is 3.00 bits per heavy atom. The van der Waals surface area contributed by atoms with E-state index < -0.39 is 0 Å². The van der Waals surface area contributed by atoms with Crippen LogP contribution in [0, 0.1) is 11.7 Å². The molecule has 2 heterocycles. The zero-order valence-corrected chi connectivity index (χ0v) is 11.3. The molecule has 1 atom stereocenters. The number of nitrogens with zero attached hydrogens (tertiary/aromatic N) is 1. The fraction of sp³-hybridized carbons (Fsp3) is 0.312. The lowest BCUT2D eigenvalue weighted by molar-refractivity contribution is 0.210. The highest BCUT2D eigenvalue weighted by molar-refractivity contribution is 5.47. The summed E-state index contributed by atoms with van der Waals surface area (Å²) in [7, 11) is 1.65. The van der Waals surface area contributed by atoms with Crippen molar-refractivity contribution in [3.63, 3.8) is 0 Å². The molecule has 3 nitrogen and oxygen atoms in total.